The molecule has 0 aromatic heterocycles. The molecule has 1 heterocycles. The Morgan fingerprint density at radius 1 is 1.40 bits per heavy atom. The fraction of sp³-hybridized carbons (Fsp3) is 0.562. The van der Waals surface area contributed by atoms with Crippen LogP contribution in [0.4, 0.5) is 0 Å². The summed E-state index contributed by atoms with van der Waals surface area (Å²) in [7, 11) is 0. The standard InChI is InChI=1S/C16H24N2O.ClH/c1-12-7-4-5-8-13(12)16(2,3)11-18-15(19)14-9-6-10-17-14;/h4-5,7-8,14,17H,6,9-11H2,1-3H3,(H,18,19);1H. The van der Waals surface area contributed by atoms with E-state index in [1.165, 1.54) is 11.1 Å². The summed E-state index contributed by atoms with van der Waals surface area (Å²) < 4.78 is 0. The molecule has 0 radical (unpaired) electrons. The van der Waals surface area contributed by atoms with E-state index < -0.39 is 0 Å². The van der Waals surface area contributed by atoms with E-state index in [4.69, 9.17) is 0 Å². The third-order valence-electron chi connectivity index (χ3n) is 3.96. The van der Waals surface area contributed by atoms with Crippen LogP contribution < -0.4 is 10.6 Å². The van der Waals surface area contributed by atoms with E-state index in [1.54, 1.807) is 0 Å². The minimum absolute atomic E-state index is 0. The molecule has 112 valence electrons. The fourth-order valence-electron chi connectivity index (χ4n) is 2.77. The Morgan fingerprint density at radius 2 is 2.10 bits per heavy atom. The summed E-state index contributed by atoms with van der Waals surface area (Å²) in [4.78, 5) is 12.0. The Morgan fingerprint density at radius 3 is 2.70 bits per heavy atom. The molecule has 0 aliphatic carbocycles. The number of aryl methyl sites for hydroxylation is 1. The van der Waals surface area contributed by atoms with Gasteiger partial charge in [-0.1, -0.05) is 38.1 Å². The van der Waals surface area contributed by atoms with Gasteiger partial charge in [0.25, 0.3) is 0 Å². The molecule has 20 heavy (non-hydrogen) atoms. The van der Waals surface area contributed by atoms with E-state index in [0.717, 1.165) is 19.4 Å². The van der Waals surface area contributed by atoms with Crippen LogP contribution >= 0.6 is 12.4 Å². The maximum absolute atomic E-state index is 12.0. The van der Waals surface area contributed by atoms with Crippen LogP contribution in [-0.2, 0) is 10.2 Å². The van der Waals surface area contributed by atoms with Crippen molar-refractivity contribution in [2.75, 3.05) is 13.1 Å². The van der Waals surface area contributed by atoms with Crippen LogP contribution in [0.25, 0.3) is 0 Å². The molecule has 4 heteroatoms. The summed E-state index contributed by atoms with van der Waals surface area (Å²) in [6.07, 6.45) is 2.05. The second-order valence-corrected chi connectivity index (χ2v) is 6.07. The first-order valence-electron chi connectivity index (χ1n) is 7.08. The third kappa shape index (κ3) is 3.97. The highest BCUT2D eigenvalue weighted by molar-refractivity contribution is 5.85. The van der Waals surface area contributed by atoms with Crippen molar-refractivity contribution >= 4 is 18.3 Å². The first kappa shape index (κ1) is 17.0. The third-order valence-corrected chi connectivity index (χ3v) is 3.96. The smallest absolute Gasteiger partial charge is 0.237 e. The van der Waals surface area contributed by atoms with E-state index in [-0.39, 0.29) is 29.8 Å². The van der Waals surface area contributed by atoms with E-state index in [9.17, 15) is 4.79 Å². The monoisotopic (exact) mass is 296 g/mol. The summed E-state index contributed by atoms with van der Waals surface area (Å²) in [6.45, 7) is 8.11. The van der Waals surface area contributed by atoms with Gasteiger partial charge in [-0.3, -0.25) is 4.79 Å². The molecule has 0 saturated carbocycles. The lowest BCUT2D eigenvalue weighted by atomic mass is 9.82. The molecular formula is C16H25ClN2O. The Balaban J connectivity index is 0.00000200. The molecule has 2 rings (SSSR count). The van der Waals surface area contributed by atoms with Crippen LogP contribution in [0.1, 0.15) is 37.8 Å². The number of nitrogens with one attached hydrogen (secondary N) is 2. The number of hydrogen-bond donors (Lipinski definition) is 2. The largest absolute Gasteiger partial charge is 0.354 e. The van der Waals surface area contributed by atoms with Gasteiger partial charge in [0.15, 0.2) is 0 Å². The summed E-state index contributed by atoms with van der Waals surface area (Å²) in [5, 5.41) is 6.32. The number of amides is 1. The SMILES string of the molecule is Cc1ccccc1C(C)(C)CNC(=O)C1CCCN1.Cl. The van der Waals surface area contributed by atoms with Crippen LogP contribution in [0, 0.1) is 6.92 Å². The lowest BCUT2D eigenvalue weighted by Crippen LogP contribution is -2.45. The summed E-state index contributed by atoms with van der Waals surface area (Å²) in [5.74, 6) is 0.138. The second kappa shape index (κ2) is 7.09. The average Bonchev–Trinajstić information content (AvgIpc) is 2.90. The highest BCUT2D eigenvalue weighted by Gasteiger charge is 2.26. The summed E-state index contributed by atoms with van der Waals surface area (Å²) >= 11 is 0. The van der Waals surface area contributed by atoms with E-state index in [0.29, 0.717) is 6.54 Å². The number of rotatable bonds is 4. The van der Waals surface area contributed by atoms with Crippen LogP contribution in [0.15, 0.2) is 24.3 Å². The van der Waals surface area contributed by atoms with Crippen LogP contribution in [-0.4, -0.2) is 25.0 Å². The molecule has 1 aromatic carbocycles. The molecule has 1 atom stereocenters. The lowest BCUT2D eigenvalue weighted by Gasteiger charge is -2.28. The molecule has 2 N–H and O–H groups in total. The summed E-state index contributed by atoms with van der Waals surface area (Å²) in [5.41, 5.74) is 2.54. The van der Waals surface area contributed by atoms with Crippen molar-refractivity contribution in [3.63, 3.8) is 0 Å². The van der Waals surface area contributed by atoms with Gasteiger partial charge in [0.2, 0.25) is 5.91 Å². The Kier molecular flexibility index (Phi) is 6.03. The van der Waals surface area contributed by atoms with Gasteiger partial charge in [-0.15, -0.1) is 12.4 Å². The Hall–Kier alpha value is -1.06. The molecular weight excluding hydrogens is 272 g/mol. The zero-order valence-corrected chi connectivity index (χ0v) is 13.3. The normalized spacial score (nSPS) is 18.4. The van der Waals surface area contributed by atoms with Gasteiger partial charge in [-0.25, -0.2) is 0 Å². The van der Waals surface area contributed by atoms with E-state index in [2.05, 4.69) is 55.7 Å². The lowest BCUT2D eigenvalue weighted by molar-refractivity contribution is -0.123. The molecule has 1 fully saturated rings. The summed E-state index contributed by atoms with van der Waals surface area (Å²) in [6, 6.07) is 8.39. The number of carbonyl (C=O) groups excluding carboxylic acids is 1. The Labute approximate surface area is 127 Å². The number of carbonyl (C=O) groups is 1. The van der Waals surface area contributed by atoms with Gasteiger partial charge in [-0.2, -0.15) is 0 Å². The number of hydrogen-bond acceptors (Lipinski definition) is 2. The zero-order valence-electron chi connectivity index (χ0n) is 12.5. The van der Waals surface area contributed by atoms with Gasteiger partial charge < -0.3 is 10.6 Å². The van der Waals surface area contributed by atoms with Gasteiger partial charge in [-0.05, 0) is 37.4 Å². The zero-order chi connectivity index (χ0) is 13.9. The molecule has 1 unspecified atom stereocenters. The first-order chi connectivity index (χ1) is 9.00. The van der Waals surface area contributed by atoms with Crippen molar-refractivity contribution in [1.29, 1.82) is 0 Å². The molecule has 0 spiro atoms. The molecule has 1 amide bonds. The van der Waals surface area contributed by atoms with Crippen molar-refractivity contribution in [3.05, 3.63) is 35.4 Å². The predicted molar refractivity (Wildman–Crippen MR) is 85.5 cm³/mol. The Bertz CT molecular complexity index is 454. The highest BCUT2D eigenvalue weighted by Crippen LogP contribution is 2.25. The maximum Gasteiger partial charge on any atom is 0.237 e. The first-order valence-corrected chi connectivity index (χ1v) is 7.08. The number of benzene rings is 1. The van der Waals surface area contributed by atoms with Crippen LogP contribution in [0.5, 0.6) is 0 Å². The minimum Gasteiger partial charge on any atom is -0.354 e. The molecule has 1 saturated heterocycles. The van der Waals surface area contributed by atoms with Crippen molar-refractivity contribution in [2.24, 2.45) is 0 Å². The molecule has 0 bridgehead atoms. The van der Waals surface area contributed by atoms with Crippen molar-refractivity contribution < 1.29 is 4.79 Å². The average molecular weight is 297 g/mol. The molecule has 1 aromatic rings. The molecule has 1 aliphatic rings. The van der Waals surface area contributed by atoms with Crippen molar-refractivity contribution in [2.45, 2.75) is 45.1 Å². The predicted octanol–water partition coefficient (Wildman–Crippen LogP) is 2.56. The van der Waals surface area contributed by atoms with Crippen LogP contribution in [0.3, 0.4) is 0 Å². The van der Waals surface area contributed by atoms with Gasteiger partial charge in [0, 0.05) is 12.0 Å². The topological polar surface area (TPSA) is 41.1 Å². The number of halogens is 1. The fourth-order valence-corrected chi connectivity index (χ4v) is 2.77. The van der Waals surface area contributed by atoms with Gasteiger partial charge in [0.05, 0.1) is 6.04 Å². The van der Waals surface area contributed by atoms with Crippen LogP contribution in [0.2, 0.25) is 0 Å². The quantitative estimate of drug-likeness (QED) is 0.896. The van der Waals surface area contributed by atoms with E-state index >= 15 is 0 Å². The maximum atomic E-state index is 12.0. The van der Waals surface area contributed by atoms with Gasteiger partial charge in [0.1, 0.15) is 0 Å². The van der Waals surface area contributed by atoms with Crippen molar-refractivity contribution in [3.8, 4) is 0 Å². The highest BCUT2D eigenvalue weighted by atomic mass is 35.5. The minimum atomic E-state index is -0.0421. The molecule has 1 aliphatic heterocycles. The van der Waals surface area contributed by atoms with E-state index in [1.807, 2.05) is 0 Å². The van der Waals surface area contributed by atoms with Crippen molar-refractivity contribution in [1.82, 2.24) is 10.6 Å². The van der Waals surface area contributed by atoms with Gasteiger partial charge >= 0.3 is 0 Å². The molecule has 3 nitrogen and oxygen atoms in total. The second-order valence-electron chi connectivity index (χ2n) is 6.07.